The number of aromatic hydroxyl groups is 1. The van der Waals surface area contributed by atoms with Crippen molar-refractivity contribution in [2.24, 2.45) is 0 Å². The zero-order valence-electron chi connectivity index (χ0n) is 14.6. The molecule has 4 rings (SSSR count). The average molecular weight is 368 g/mol. The number of phenolic OH excluding ortho intramolecular Hbond substituents is 1. The molecule has 0 fully saturated rings. The average Bonchev–Trinajstić information content (AvgIpc) is 3.09. The van der Waals surface area contributed by atoms with Gasteiger partial charge in [-0.2, -0.15) is 0 Å². The molecule has 0 spiro atoms. The molecule has 1 aliphatic rings. The number of ether oxygens (including phenoxy) is 3. The third-order valence-corrected chi connectivity index (χ3v) is 4.65. The van der Waals surface area contributed by atoms with Crippen LogP contribution in [0.15, 0.2) is 51.7 Å². The lowest BCUT2D eigenvalue weighted by Crippen LogP contribution is -2.31. The molecule has 2 heterocycles. The minimum Gasteiger partial charge on any atom is -0.504 e. The van der Waals surface area contributed by atoms with Crippen LogP contribution in [0.4, 0.5) is 0 Å². The SMILES string of the molecule is COC(=O)[C@H]1Oc2c(c(=O)oc3ccccc23)[C@@H]1c1ccc(O)c(OC)c1. The Bertz CT molecular complexity index is 1100. The van der Waals surface area contributed by atoms with Gasteiger partial charge in [0, 0.05) is 0 Å². The molecule has 7 nitrogen and oxygen atoms in total. The summed E-state index contributed by atoms with van der Waals surface area (Å²) in [6.45, 7) is 0. The van der Waals surface area contributed by atoms with Crippen LogP contribution in [0.25, 0.3) is 11.0 Å². The van der Waals surface area contributed by atoms with Crippen molar-refractivity contribution >= 4 is 16.9 Å². The summed E-state index contributed by atoms with van der Waals surface area (Å²) in [5.41, 5.74) is 0.569. The largest absolute Gasteiger partial charge is 0.504 e. The normalized spacial score (nSPS) is 18.0. The van der Waals surface area contributed by atoms with Crippen LogP contribution in [-0.4, -0.2) is 31.4 Å². The highest BCUT2D eigenvalue weighted by Gasteiger charge is 2.45. The lowest BCUT2D eigenvalue weighted by Gasteiger charge is -2.17. The van der Waals surface area contributed by atoms with Crippen molar-refractivity contribution in [1.82, 2.24) is 0 Å². The van der Waals surface area contributed by atoms with Crippen LogP contribution < -0.4 is 15.1 Å². The van der Waals surface area contributed by atoms with Gasteiger partial charge in [-0.1, -0.05) is 18.2 Å². The molecule has 27 heavy (non-hydrogen) atoms. The molecule has 138 valence electrons. The fraction of sp³-hybridized carbons (Fsp3) is 0.200. The predicted molar refractivity (Wildman–Crippen MR) is 95.4 cm³/mol. The molecule has 1 aliphatic heterocycles. The number of carbonyl (C=O) groups excluding carboxylic acids is 1. The van der Waals surface area contributed by atoms with E-state index in [4.69, 9.17) is 18.6 Å². The van der Waals surface area contributed by atoms with Crippen LogP contribution in [0.5, 0.6) is 17.2 Å². The smallest absolute Gasteiger partial charge is 0.348 e. The summed E-state index contributed by atoms with van der Waals surface area (Å²) in [4.78, 5) is 25.1. The second kappa shape index (κ2) is 6.35. The zero-order chi connectivity index (χ0) is 19.1. The number of phenols is 1. The van der Waals surface area contributed by atoms with E-state index in [1.54, 1.807) is 36.4 Å². The monoisotopic (exact) mass is 368 g/mol. The lowest BCUT2D eigenvalue weighted by atomic mass is 9.88. The van der Waals surface area contributed by atoms with Crippen molar-refractivity contribution in [1.29, 1.82) is 0 Å². The van der Waals surface area contributed by atoms with Crippen LogP contribution in [0.2, 0.25) is 0 Å². The number of fused-ring (bicyclic) bond motifs is 3. The van der Waals surface area contributed by atoms with Gasteiger partial charge >= 0.3 is 11.6 Å². The number of carbonyl (C=O) groups is 1. The van der Waals surface area contributed by atoms with Crippen molar-refractivity contribution in [2.45, 2.75) is 12.0 Å². The Morgan fingerprint density at radius 3 is 2.67 bits per heavy atom. The predicted octanol–water partition coefficient (Wildman–Crippen LogP) is 2.57. The summed E-state index contributed by atoms with van der Waals surface area (Å²) in [5.74, 6) is -0.917. The highest BCUT2D eigenvalue weighted by atomic mass is 16.6. The van der Waals surface area contributed by atoms with E-state index in [1.807, 2.05) is 0 Å². The first kappa shape index (κ1) is 17.0. The second-order valence-electron chi connectivity index (χ2n) is 6.10. The Hall–Kier alpha value is -3.48. The molecule has 0 radical (unpaired) electrons. The Labute approximate surface area is 153 Å². The molecule has 0 unspecified atom stereocenters. The third kappa shape index (κ3) is 2.59. The molecule has 0 saturated carbocycles. The van der Waals surface area contributed by atoms with Crippen LogP contribution in [0.3, 0.4) is 0 Å². The fourth-order valence-corrected chi connectivity index (χ4v) is 3.41. The maximum absolute atomic E-state index is 12.7. The Kier molecular flexibility index (Phi) is 3.99. The van der Waals surface area contributed by atoms with E-state index in [9.17, 15) is 14.7 Å². The van der Waals surface area contributed by atoms with Gasteiger partial charge in [-0.05, 0) is 29.8 Å². The number of benzene rings is 2. The van der Waals surface area contributed by atoms with Gasteiger partial charge in [0.1, 0.15) is 11.3 Å². The fourth-order valence-electron chi connectivity index (χ4n) is 3.41. The molecule has 1 N–H and O–H groups in total. The molecule has 7 heteroatoms. The van der Waals surface area contributed by atoms with E-state index in [2.05, 4.69) is 0 Å². The molecule has 0 amide bonds. The highest BCUT2D eigenvalue weighted by molar-refractivity contribution is 5.88. The maximum Gasteiger partial charge on any atom is 0.348 e. The van der Waals surface area contributed by atoms with Crippen molar-refractivity contribution < 1.29 is 28.5 Å². The van der Waals surface area contributed by atoms with Crippen molar-refractivity contribution in [2.75, 3.05) is 14.2 Å². The Morgan fingerprint density at radius 1 is 1.15 bits per heavy atom. The van der Waals surface area contributed by atoms with Gasteiger partial charge < -0.3 is 23.7 Å². The molecule has 0 bridgehead atoms. The summed E-state index contributed by atoms with van der Waals surface area (Å²) in [5, 5.41) is 10.5. The molecule has 2 aromatic carbocycles. The number of hydrogen-bond donors (Lipinski definition) is 1. The van der Waals surface area contributed by atoms with Gasteiger partial charge in [-0.15, -0.1) is 0 Å². The van der Waals surface area contributed by atoms with Crippen molar-refractivity contribution in [3.63, 3.8) is 0 Å². The van der Waals surface area contributed by atoms with Crippen molar-refractivity contribution in [3.05, 3.63) is 64.0 Å². The first-order valence-corrected chi connectivity index (χ1v) is 8.22. The van der Waals surface area contributed by atoms with Gasteiger partial charge in [0.05, 0.1) is 31.1 Å². The van der Waals surface area contributed by atoms with Gasteiger partial charge in [0.2, 0.25) is 6.10 Å². The maximum atomic E-state index is 12.7. The summed E-state index contributed by atoms with van der Waals surface area (Å²) in [6, 6.07) is 11.5. The number of hydrogen-bond acceptors (Lipinski definition) is 7. The number of esters is 1. The molecule has 3 aromatic rings. The van der Waals surface area contributed by atoms with Gasteiger partial charge in [0.25, 0.3) is 0 Å². The number of methoxy groups -OCH3 is 2. The van der Waals surface area contributed by atoms with Gasteiger partial charge in [-0.25, -0.2) is 9.59 Å². The Morgan fingerprint density at radius 2 is 1.93 bits per heavy atom. The quantitative estimate of drug-likeness (QED) is 0.561. The van der Waals surface area contributed by atoms with E-state index < -0.39 is 23.6 Å². The molecule has 0 saturated heterocycles. The number of rotatable bonds is 3. The lowest BCUT2D eigenvalue weighted by molar-refractivity contribution is -0.148. The minimum absolute atomic E-state index is 0.0550. The first-order chi connectivity index (χ1) is 13.0. The Balaban J connectivity index is 1.98. The molecule has 0 aliphatic carbocycles. The molecular weight excluding hydrogens is 352 g/mol. The van der Waals surface area contributed by atoms with E-state index in [1.165, 1.54) is 20.3 Å². The van der Waals surface area contributed by atoms with E-state index in [0.717, 1.165) is 0 Å². The molecular formula is C20H16O7. The summed E-state index contributed by atoms with van der Waals surface area (Å²) in [7, 11) is 2.67. The summed E-state index contributed by atoms with van der Waals surface area (Å²) >= 11 is 0. The summed E-state index contributed by atoms with van der Waals surface area (Å²) in [6.07, 6.45) is -1.06. The van der Waals surface area contributed by atoms with Crippen LogP contribution in [0, 0.1) is 0 Å². The second-order valence-corrected chi connectivity index (χ2v) is 6.10. The zero-order valence-corrected chi connectivity index (χ0v) is 14.6. The number of para-hydroxylation sites is 1. The van der Waals surface area contributed by atoms with Gasteiger partial charge in [-0.3, -0.25) is 0 Å². The highest BCUT2D eigenvalue weighted by Crippen LogP contribution is 2.45. The van der Waals surface area contributed by atoms with E-state index in [0.29, 0.717) is 22.3 Å². The van der Waals surface area contributed by atoms with Crippen LogP contribution in [-0.2, 0) is 9.53 Å². The van der Waals surface area contributed by atoms with E-state index in [-0.39, 0.29) is 17.1 Å². The van der Waals surface area contributed by atoms with Crippen LogP contribution >= 0.6 is 0 Å². The molecule has 2 atom stereocenters. The molecule has 1 aromatic heterocycles. The van der Waals surface area contributed by atoms with Crippen molar-refractivity contribution in [3.8, 4) is 17.2 Å². The van der Waals surface area contributed by atoms with Gasteiger partial charge in [0.15, 0.2) is 11.5 Å². The third-order valence-electron chi connectivity index (χ3n) is 4.65. The minimum atomic E-state index is -1.06. The topological polar surface area (TPSA) is 95.2 Å². The van der Waals surface area contributed by atoms with E-state index >= 15 is 0 Å². The first-order valence-electron chi connectivity index (χ1n) is 8.22. The van der Waals surface area contributed by atoms with Crippen LogP contribution in [0.1, 0.15) is 17.0 Å². The summed E-state index contributed by atoms with van der Waals surface area (Å²) < 4.78 is 21.3. The standard InChI is InChI=1S/C20H16O7/c1-24-14-9-10(7-8-12(14)21)15-16-17(27-18(15)20(23)25-2)11-5-3-4-6-13(11)26-19(16)22/h3-9,15,18,21H,1-2H3/t15-,18-/m0/s1.